The van der Waals surface area contributed by atoms with E-state index in [0.29, 0.717) is 0 Å². The van der Waals surface area contributed by atoms with Gasteiger partial charge < -0.3 is 4.90 Å². The third-order valence-corrected chi connectivity index (χ3v) is 13.7. The fraction of sp³-hybridized carbons (Fsp3) is 0.120. The highest BCUT2D eigenvalue weighted by atomic mass is 32.2. The maximum absolute atomic E-state index is 2.53. The maximum Gasteiger partial charge on any atom is 0.0543 e. The summed E-state index contributed by atoms with van der Waals surface area (Å²) in [4.78, 5) is 5.33. The Morgan fingerprint density at radius 2 is 1.15 bits per heavy atom. The number of nitrogens with zero attached hydrogens (tertiary/aromatic N) is 1. The molecule has 8 aromatic rings. The lowest BCUT2D eigenvalue weighted by molar-refractivity contribution is 0.660. The fourth-order valence-electron chi connectivity index (χ4n) is 8.53. The van der Waals surface area contributed by atoms with Crippen LogP contribution in [0.5, 0.6) is 0 Å². The van der Waals surface area contributed by atoms with Gasteiger partial charge in [0.25, 0.3) is 0 Å². The molecule has 0 N–H and O–H groups in total. The molecule has 0 fully saturated rings. The van der Waals surface area contributed by atoms with Crippen molar-refractivity contribution in [3.05, 3.63) is 175 Å². The van der Waals surface area contributed by atoms with E-state index < -0.39 is 0 Å². The Morgan fingerprint density at radius 1 is 0.472 bits per heavy atom. The average molecular weight is 718 g/mol. The van der Waals surface area contributed by atoms with Gasteiger partial charge in [-0.2, -0.15) is 0 Å². The molecule has 0 bridgehead atoms. The Balaban J connectivity index is 1.27. The standard InChI is InChI=1S/C50H39NS2/c1-50(2)45-18-9-8-16-40(45)43-31-44(41-17-10-19-48-49(41)53-29-11-28-52-48)47(32-46(43)50)51(37-25-22-34(23-26-37)33-12-4-3-5-13-33)38-27-24-36-21-20-35-14-6-7-15-39(35)42(36)30-38/h3-10,12-27,30-32H,11,28-29H2,1-2H3. The van der Waals surface area contributed by atoms with Crippen molar-refractivity contribution in [3.8, 4) is 33.4 Å². The predicted octanol–water partition coefficient (Wildman–Crippen LogP) is 14.7. The molecule has 0 spiro atoms. The molecular formula is C50H39NS2. The Kier molecular flexibility index (Phi) is 7.97. The van der Waals surface area contributed by atoms with Crippen molar-refractivity contribution in [1.29, 1.82) is 0 Å². The van der Waals surface area contributed by atoms with Crippen molar-refractivity contribution in [3.63, 3.8) is 0 Å². The van der Waals surface area contributed by atoms with E-state index in [1.165, 1.54) is 88.0 Å². The summed E-state index contributed by atoms with van der Waals surface area (Å²) in [6.07, 6.45) is 1.22. The molecule has 2 aliphatic rings. The summed E-state index contributed by atoms with van der Waals surface area (Å²) in [5.74, 6) is 2.29. The normalized spacial score (nSPS) is 14.4. The molecule has 53 heavy (non-hydrogen) atoms. The van der Waals surface area contributed by atoms with Crippen LogP contribution in [-0.4, -0.2) is 11.5 Å². The number of benzene rings is 8. The molecular weight excluding hydrogens is 679 g/mol. The topological polar surface area (TPSA) is 3.24 Å². The van der Waals surface area contributed by atoms with Gasteiger partial charge in [0.05, 0.1) is 5.69 Å². The molecule has 256 valence electrons. The molecule has 0 unspecified atom stereocenters. The van der Waals surface area contributed by atoms with Gasteiger partial charge in [0.2, 0.25) is 0 Å². The maximum atomic E-state index is 2.53. The molecule has 0 radical (unpaired) electrons. The second-order valence-corrected chi connectivity index (χ2v) is 17.0. The van der Waals surface area contributed by atoms with Gasteiger partial charge >= 0.3 is 0 Å². The summed E-state index contributed by atoms with van der Waals surface area (Å²) >= 11 is 4.03. The van der Waals surface area contributed by atoms with Gasteiger partial charge in [0.15, 0.2) is 0 Å². The van der Waals surface area contributed by atoms with Gasteiger partial charge in [0, 0.05) is 32.1 Å². The summed E-state index contributed by atoms with van der Waals surface area (Å²) in [5, 5.41) is 5.05. The van der Waals surface area contributed by atoms with E-state index in [0.717, 1.165) is 22.9 Å². The second-order valence-electron chi connectivity index (χ2n) is 14.7. The third-order valence-electron chi connectivity index (χ3n) is 11.2. The van der Waals surface area contributed by atoms with Crippen LogP contribution in [-0.2, 0) is 5.41 Å². The number of fused-ring (bicyclic) bond motifs is 7. The second kappa shape index (κ2) is 13.0. The minimum Gasteiger partial charge on any atom is -0.310 e. The largest absolute Gasteiger partial charge is 0.310 e. The van der Waals surface area contributed by atoms with Crippen molar-refractivity contribution in [1.82, 2.24) is 0 Å². The van der Waals surface area contributed by atoms with Gasteiger partial charge in [-0.25, -0.2) is 0 Å². The monoisotopic (exact) mass is 717 g/mol. The summed E-state index contributed by atoms with van der Waals surface area (Å²) < 4.78 is 0. The number of anilines is 3. The predicted molar refractivity (Wildman–Crippen MR) is 231 cm³/mol. The highest BCUT2D eigenvalue weighted by molar-refractivity contribution is 8.03. The lowest BCUT2D eigenvalue weighted by Gasteiger charge is -2.31. The van der Waals surface area contributed by atoms with Crippen molar-refractivity contribution in [2.75, 3.05) is 16.4 Å². The fourth-order valence-corrected chi connectivity index (χ4v) is 11.0. The number of hydrogen-bond acceptors (Lipinski definition) is 3. The minimum atomic E-state index is -0.139. The highest BCUT2D eigenvalue weighted by Crippen LogP contribution is 2.55. The van der Waals surface area contributed by atoms with Crippen LogP contribution in [0, 0.1) is 0 Å². The van der Waals surface area contributed by atoms with Crippen LogP contribution in [0.3, 0.4) is 0 Å². The van der Waals surface area contributed by atoms with Crippen LogP contribution >= 0.6 is 23.5 Å². The Hall–Kier alpha value is -5.22. The molecule has 3 heteroatoms. The van der Waals surface area contributed by atoms with E-state index in [2.05, 4.69) is 183 Å². The number of hydrogen-bond donors (Lipinski definition) is 0. The molecule has 0 saturated carbocycles. The van der Waals surface area contributed by atoms with Gasteiger partial charge in [-0.15, -0.1) is 23.5 Å². The van der Waals surface area contributed by atoms with Crippen molar-refractivity contribution >= 4 is 62.1 Å². The van der Waals surface area contributed by atoms with E-state index >= 15 is 0 Å². The van der Waals surface area contributed by atoms with Crippen molar-refractivity contribution < 1.29 is 0 Å². The molecule has 10 rings (SSSR count). The molecule has 0 aromatic heterocycles. The summed E-state index contributed by atoms with van der Waals surface area (Å²) in [6.45, 7) is 4.78. The van der Waals surface area contributed by atoms with Gasteiger partial charge in [-0.05, 0) is 121 Å². The Labute approximate surface area is 320 Å². The highest BCUT2D eigenvalue weighted by Gasteiger charge is 2.37. The van der Waals surface area contributed by atoms with Gasteiger partial charge in [-0.1, -0.05) is 135 Å². The lowest BCUT2D eigenvalue weighted by Crippen LogP contribution is -2.17. The first kappa shape index (κ1) is 32.4. The molecule has 1 nitrogen and oxygen atoms in total. The summed E-state index contributed by atoms with van der Waals surface area (Å²) in [5.41, 5.74) is 13.9. The quantitative estimate of drug-likeness (QED) is 0.163. The van der Waals surface area contributed by atoms with Crippen LogP contribution in [0.4, 0.5) is 17.1 Å². The SMILES string of the molecule is CC1(C)c2ccccc2-c2cc(-c3cccc4c3SCCCS4)c(N(c3ccc(-c4ccccc4)cc3)c3ccc4ccc5ccccc5c4c3)cc21. The molecule has 0 amide bonds. The zero-order valence-electron chi connectivity index (χ0n) is 30.0. The Bertz CT molecular complexity index is 2680. The zero-order valence-corrected chi connectivity index (χ0v) is 31.6. The number of rotatable bonds is 5. The minimum absolute atomic E-state index is 0.139. The van der Waals surface area contributed by atoms with E-state index in [-0.39, 0.29) is 5.41 Å². The first-order valence-corrected chi connectivity index (χ1v) is 20.6. The summed E-state index contributed by atoms with van der Waals surface area (Å²) in [6, 6.07) is 61.2. The average Bonchev–Trinajstić information content (AvgIpc) is 3.33. The first-order valence-electron chi connectivity index (χ1n) is 18.6. The summed E-state index contributed by atoms with van der Waals surface area (Å²) in [7, 11) is 0. The molecule has 1 heterocycles. The van der Waals surface area contributed by atoms with Crippen molar-refractivity contribution in [2.45, 2.75) is 35.5 Å². The van der Waals surface area contributed by atoms with Crippen LogP contribution in [0.1, 0.15) is 31.4 Å². The molecule has 1 aliphatic heterocycles. The third kappa shape index (κ3) is 5.48. The van der Waals surface area contributed by atoms with Gasteiger partial charge in [-0.3, -0.25) is 0 Å². The molecule has 0 saturated heterocycles. The van der Waals surface area contributed by atoms with Crippen LogP contribution in [0.2, 0.25) is 0 Å². The Morgan fingerprint density at radius 3 is 2.02 bits per heavy atom. The van der Waals surface area contributed by atoms with E-state index in [1.807, 2.05) is 23.5 Å². The van der Waals surface area contributed by atoms with Gasteiger partial charge in [0.1, 0.15) is 0 Å². The molecule has 1 aliphatic carbocycles. The lowest BCUT2D eigenvalue weighted by atomic mass is 9.81. The molecule has 8 aromatic carbocycles. The van der Waals surface area contributed by atoms with Crippen LogP contribution in [0.25, 0.3) is 54.9 Å². The number of thioether (sulfide) groups is 2. The van der Waals surface area contributed by atoms with E-state index in [4.69, 9.17) is 0 Å². The van der Waals surface area contributed by atoms with Crippen molar-refractivity contribution in [2.24, 2.45) is 0 Å². The smallest absolute Gasteiger partial charge is 0.0543 e. The van der Waals surface area contributed by atoms with E-state index in [9.17, 15) is 0 Å². The molecule has 0 atom stereocenters. The first-order chi connectivity index (χ1) is 26.0. The van der Waals surface area contributed by atoms with E-state index in [1.54, 1.807) is 0 Å². The zero-order chi connectivity index (χ0) is 35.5. The van der Waals surface area contributed by atoms with Crippen LogP contribution < -0.4 is 4.90 Å². The van der Waals surface area contributed by atoms with Crippen LogP contribution in [0.15, 0.2) is 174 Å².